The van der Waals surface area contributed by atoms with Crippen molar-refractivity contribution in [3.05, 3.63) is 47.3 Å². The number of hydrogen-bond donors (Lipinski definition) is 3. The molecule has 1 aliphatic rings. The largest absolute Gasteiger partial charge is 0.384 e. The molecule has 92 valence electrons. The first kappa shape index (κ1) is 11.0. The first-order valence-electron chi connectivity index (χ1n) is 5.83. The third kappa shape index (κ3) is 1.89. The first-order valence-corrected chi connectivity index (χ1v) is 5.83. The van der Waals surface area contributed by atoms with Crippen LogP contribution in [0.1, 0.15) is 29.2 Å². The normalized spacial score (nSPS) is 15.9. The van der Waals surface area contributed by atoms with Gasteiger partial charge in [-0.1, -0.05) is 12.1 Å². The van der Waals surface area contributed by atoms with Crippen molar-refractivity contribution in [3.8, 4) is 0 Å². The van der Waals surface area contributed by atoms with Crippen LogP contribution in [0.15, 0.2) is 30.6 Å². The number of amides is 1. The van der Waals surface area contributed by atoms with E-state index in [-0.39, 0.29) is 5.91 Å². The fourth-order valence-corrected chi connectivity index (χ4v) is 2.18. The highest BCUT2D eigenvalue weighted by atomic mass is 16.3. The van der Waals surface area contributed by atoms with Crippen LogP contribution in [0.5, 0.6) is 0 Å². The monoisotopic (exact) mass is 243 g/mol. The summed E-state index contributed by atoms with van der Waals surface area (Å²) in [6.45, 7) is 0. The Labute approximate surface area is 104 Å². The zero-order valence-corrected chi connectivity index (χ0v) is 9.68. The summed E-state index contributed by atoms with van der Waals surface area (Å²) in [5.41, 5.74) is 3.45. The summed E-state index contributed by atoms with van der Waals surface area (Å²) in [5.74, 6) is 0.0469. The Morgan fingerprint density at radius 1 is 1.28 bits per heavy atom. The van der Waals surface area contributed by atoms with Gasteiger partial charge in [-0.2, -0.15) is 5.10 Å². The van der Waals surface area contributed by atoms with Crippen LogP contribution < -0.4 is 5.32 Å². The Hall–Kier alpha value is -2.14. The van der Waals surface area contributed by atoms with Crippen LogP contribution in [0.2, 0.25) is 0 Å². The number of carbonyl (C=O) groups excluding carboxylic acids is 1. The van der Waals surface area contributed by atoms with E-state index in [0.29, 0.717) is 12.8 Å². The Balaban J connectivity index is 1.93. The summed E-state index contributed by atoms with van der Waals surface area (Å²) in [7, 11) is 0. The van der Waals surface area contributed by atoms with Crippen LogP contribution in [-0.4, -0.2) is 21.2 Å². The van der Waals surface area contributed by atoms with Gasteiger partial charge >= 0.3 is 0 Å². The predicted molar refractivity (Wildman–Crippen MR) is 66.0 cm³/mol. The lowest BCUT2D eigenvalue weighted by molar-refractivity contribution is -0.116. The van der Waals surface area contributed by atoms with Crippen molar-refractivity contribution in [2.75, 3.05) is 5.32 Å². The lowest BCUT2D eigenvalue weighted by Gasteiger charge is -2.19. The number of rotatable bonds is 2. The molecule has 18 heavy (non-hydrogen) atoms. The molecule has 3 rings (SSSR count). The number of H-pyrrole nitrogens is 1. The van der Waals surface area contributed by atoms with Crippen LogP contribution in [0, 0.1) is 0 Å². The van der Waals surface area contributed by atoms with Gasteiger partial charge in [0.15, 0.2) is 0 Å². The van der Waals surface area contributed by atoms with Crippen molar-refractivity contribution in [2.24, 2.45) is 0 Å². The Bertz CT molecular complexity index is 578. The van der Waals surface area contributed by atoms with E-state index in [1.165, 1.54) is 0 Å². The lowest BCUT2D eigenvalue weighted by atomic mass is 9.96. The smallest absolute Gasteiger partial charge is 0.224 e. The van der Waals surface area contributed by atoms with Crippen molar-refractivity contribution in [2.45, 2.75) is 18.9 Å². The topological polar surface area (TPSA) is 78.0 Å². The minimum atomic E-state index is -0.688. The first-order chi connectivity index (χ1) is 8.74. The summed E-state index contributed by atoms with van der Waals surface area (Å²) in [6, 6.07) is 5.60. The highest BCUT2D eigenvalue weighted by molar-refractivity contribution is 5.93. The van der Waals surface area contributed by atoms with Gasteiger partial charge in [-0.3, -0.25) is 9.89 Å². The van der Waals surface area contributed by atoms with Crippen LogP contribution in [0.4, 0.5) is 5.69 Å². The third-order valence-electron chi connectivity index (χ3n) is 3.18. The SMILES string of the molecule is O=C1CCc2cc(C(O)c3cn[nH]c3)ccc2N1. The molecule has 5 heteroatoms. The number of nitrogens with one attached hydrogen (secondary N) is 2. The maximum Gasteiger partial charge on any atom is 0.224 e. The quantitative estimate of drug-likeness (QED) is 0.745. The summed E-state index contributed by atoms with van der Waals surface area (Å²) in [4.78, 5) is 11.3. The summed E-state index contributed by atoms with van der Waals surface area (Å²) in [5, 5.41) is 19.5. The molecule has 0 spiro atoms. The number of fused-ring (bicyclic) bond motifs is 1. The number of aromatic amines is 1. The second-order valence-corrected chi connectivity index (χ2v) is 4.40. The number of aliphatic hydroxyl groups is 1. The average Bonchev–Trinajstić information content (AvgIpc) is 2.91. The minimum absolute atomic E-state index is 0.0469. The summed E-state index contributed by atoms with van der Waals surface area (Å²) < 4.78 is 0. The zero-order valence-electron chi connectivity index (χ0n) is 9.68. The van der Waals surface area contributed by atoms with Gasteiger partial charge in [0.2, 0.25) is 5.91 Å². The summed E-state index contributed by atoms with van der Waals surface area (Å²) in [6.07, 6.45) is 3.80. The van der Waals surface area contributed by atoms with Crippen molar-refractivity contribution in [3.63, 3.8) is 0 Å². The van der Waals surface area contributed by atoms with E-state index in [2.05, 4.69) is 15.5 Å². The Morgan fingerprint density at radius 3 is 2.94 bits per heavy atom. The highest BCUT2D eigenvalue weighted by Gasteiger charge is 2.18. The van der Waals surface area contributed by atoms with Crippen LogP contribution >= 0.6 is 0 Å². The second-order valence-electron chi connectivity index (χ2n) is 4.40. The fourth-order valence-electron chi connectivity index (χ4n) is 2.18. The van der Waals surface area contributed by atoms with Gasteiger partial charge in [0.1, 0.15) is 6.10 Å². The van der Waals surface area contributed by atoms with Gasteiger partial charge in [-0.05, 0) is 23.6 Å². The standard InChI is InChI=1S/C13H13N3O2/c17-12-4-2-8-5-9(1-3-11(8)16-12)13(18)10-6-14-15-7-10/h1,3,5-7,13,18H,2,4H2,(H,14,15)(H,16,17). The van der Waals surface area contributed by atoms with Crippen molar-refractivity contribution in [1.82, 2.24) is 10.2 Å². The molecule has 0 saturated carbocycles. The van der Waals surface area contributed by atoms with E-state index in [4.69, 9.17) is 0 Å². The Morgan fingerprint density at radius 2 is 2.17 bits per heavy atom. The fraction of sp³-hybridized carbons (Fsp3) is 0.231. The maximum absolute atomic E-state index is 11.3. The van der Waals surface area contributed by atoms with Crippen LogP contribution in [0.25, 0.3) is 0 Å². The molecule has 2 heterocycles. The van der Waals surface area contributed by atoms with Crippen LogP contribution in [0.3, 0.4) is 0 Å². The molecular weight excluding hydrogens is 230 g/mol. The number of aliphatic hydroxyl groups excluding tert-OH is 1. The molecule has 1 unspecified atom stereocenters. The van der Waals surface area contributed by atoms with E-state index in [0.717, 1.165) is 22.4 Å². The molecule has 0 bridgehead atoms. The molecule has 2 aromatic rings. The molecule has 1 atom stereocenters. The highest BCUT2D eigenvalue weighted by Crippen LogP contribution is 2.28. The number of aromatic nitrogens is 2. The number of carbonyl (C=O) groups is 1. The molecule has 3 N–H and O–H groups in total. The number of anilines is 1. The molecule has 5 nitrogen and oxygen atoms in total. The van der Waals surface area contributed by atoms with Crippen molar-refractivity contribution >= 4 is 11.6 Å². The van der Waals surface area contributed by atoms with E-state index < -0.39 is 6.10 Å². The molecule has 0 fully saturated rings. The van der Waals surface area contributed by atoms with Crippen molar-refractivity contribution < 1.29 is 9.90 Å². The van der Waals surface area contributed by atoms with E-state index in [1.807, 2.05) is 18.2 Å². The van der Waals surface area contributed by atoms with E-state index in [9.17, 15) is 9.90 Å². The number of nitrogens with zero attached hydrogens (tertiary/aromatic N) is 1. The predicted octanol–water partition coefficient (Wildman–Crippen LogP) is 1.38. The maximum atomic E-state index is 11.3. The molecule has 0 aliphatic carbocycles. The number of aryl methyl sites for hydroxylation is 1. The molecule has 1 aromatic carbocycles. The number of benzene rings is 1. The minimum Gasteiger partial charge on any atom is -0.384 e. The van der Waals surface area contributed by atoms with E-state index >= 15 is 0 Å². The summed E-state index contributed by atoms with van der Waals surface area (Å²) >= 11 is 0. The zero-order chi connectivity index (χ0) is 12.5. The molecule has 0 saturated heterocycles. The molecule has 1 aromatic heterocycles. The number of hydrogen-bond acceptors (Lipinski definition) is 3. The molecule has 1 amide bonds. The molecule has 0 radical (unpaired) electrons. The van der Waals surface area contributed by atoms with Crippen molar-refractivity contribution in [1.29, 1.82) is 0 Å². The van der Waals surface area contributed by atoms with Gasteiger partial charge in [0.05, 0.1) is 6.20 Å². The van der Waals surface area contributed by atoms with Gasteiger partial charge in [-0.15, -0.1) is 0 Å². The van der Waals surface area contributed by atoms with E-state index in [1.54, 1.807) is 12.4 Å². The van der Waals surface area contributed by atoms with Crippen LogP contribution in [-0.2, 0) is 11.2 Å². The lowest BCUT2D eigenvalue weighted by Crippen LogP contribution is -2.19. The third-order valence-corrected chi connectivity index (χ3v) is 3.18. The van der Waals surface area contributed by atoms with Gasteiger partial charge in [-0.25, -0.2) is 0 Å². The van der Waals surface area contributed by atoms with Gasteiger partial charge in [0, 0.05) is 23.9 Å². The molecular formula is C13H13N3O2. The average molecular weight is 243 g/mol. The molecule has 1 aliphatic heterocycles. The van der Waals surface area contributed by atoms with Gasteiger partial charge < -0.3 is 10.4 Å². The Kier molecular flexibility index (Phi) is 2.60. The van der Waals surface area contributed by atoms with Gasteiger partial charge in [0.25, 0.3) is 0 Å². The second kappa shape index (κ2) is 4.27.